The minimum Gasteiger partial charge on any atom is -0.226 e. The predicted molar refractivity (Wildman–Crippen MR) is 46.3 cm³/mol. The molecule has 0 fully saturated rings. The monoisotopic (exact) mass is 199 g/mol. The summed E-state index contributed by atoms with van der Waals surface area (Å²) in [6, 6.07) is 6.80. The quantitative estimate of drug-likeness (QED) is 0.623. The van der Waals surface area contributed by atoms with Crippen molar-refractivity contribution in [2.75, 3.05) is 4.72 Å². The van der Waals surface area contributed by atoms with Crippen LogP contribution in [0, 0.1) is 4.91 Å². The fourth-order valence-electron chi connectivity index (χ4n) is 1.17. The molecule has 2 rings (SSSR count). The summed E-state index contributed by atoms with van der Waals surface area (Å²) >= 11 is 0. The van der Waals surface area contributed by atoms with E-state index in [0.29, 0.717) is 11.3 Å². The minimum atomic E-state index is -3.85. The molecule has 0 aliphatic carbocycles. The summed E-state index contributed by atoms with van der Waals surface area (Å²) < 4.78 is 24.3. The average Bonchev–Trinajstić information content (AvgIpc) is 2.06. The number of nitrogens with zero attached hydrogens (tertiary/aromatic N) is 1. The van der Waals surface area contributed by atoms with Gasteiger partial charge in [0.05, 0.1) is 5.69 Å². The van der Waals surface area contributed by atoms with Crippen LogP contribution in [0.1, 0.15) is 5.56 Å². The highest BCUT2D eigenvalue weighted by Gasteiger charge is 2.35. The molecule has 13 heavy (non-hydrogen) atoms. The van der Waals surface area contributed by atoms with Crippen LogP contribution in [0.5, 0.6) is 0 Å². The normalized spacial score (nSPS) is 18.9. The lowest BCUT2D eigenvalue weighted by molar-refractivity contribution is -0.407. The topological polar surface area (TPSA) is 66.2 Å². The lowest BCUT2D eigenvalue weighted by atomic mass is 10.2. The summed E-state index contributed by atoms with van der Waals surface area (Å²) in [5.74, 6) is 0. The Balaban J connectivity index is 2.57. The number of rotatable bonds is 0. The smallest absolute Gasteiger partial charge is 0.226 e. The van der Waals surface area contributed by atoms with Gasteiger partial charge in [-0.25, -0.2) is 4.72 Å². The average molecular weight is 199 g/mol. The second-order valence-corrected chi connectivity index (χ2v) is 4.29. The zero-order valence-corrected chi connectivity index (χ0v) is 7.41. The van der Waals surface area contributed by atoms with E-state index in [1.54, 1.807) is 24.3 Å². The van der Waals surface area contributed by atoms with Gasteiger partial charge in [0, 0.05) is 10.5 Å². The molecule has 1 heterocycles. The Labute approximate surface area is 75.1 Å². The molecular formula is C7H7N2O3S+. The van der Waals surface area contributed by atoms with Crippen molar-refractivity contribution in [3.05, 3.63) is 34.7 Å². The number of nitroso groups, excluding NO2 is 1. The van der Waals surface area contributed by atoms with Crippen molar-refractivity contribution in [3.63, 3.8) is 0 Å². The van der Waals surface area contributed by atoms with Crippen LogP contribution in [0.3, 0.4) is 0 Å². The van der Waals surface area contributed by atoms with Crippen molar-refractivity contribution in [2.24, 2.45) is 0 Å². The molecule has 0 bridgehead atoms. The standard InChI is InChI=1S/C7H7N2O3S/c10-9-5-6-3-1-2-4-7(6)8-13(9,11)12/h1-4,8H,5H2/q+1. The minimum absolute atomic E-state index is 0.0370. The summed E-state index contributed by atoms with van der Waals surface area (Å²) in [5.41, 5.74) is 1.17. The summed E-state index contributed by atoms with van der Waals surface area (Å²) in [6.07, 6.45) is 0. The van der Waals surface area contributed by atoms with E-state index in [0.717, 1.165) is 0 Å². The summed E-state index contributed by atoms with van der Waals surface area (Å²) in [6.45, 7) is -0.120. The molecule has 0 unspecified atom stereocenters. The Kier molecular flexibility index (Phi) is 1.59. The van der Waals surface area contributed by atoms with Crippen molar-refractivity contribution in [3.8, 4) is 0 Å². The molecule has 68 valence electrons. The van der Waals surface area contributed by atoms with E-state index < -0.39 is 10.2 Å². The number of fused-ring (bicyclic) bond motifs is 1. The maximum absolute atomic E-state index is 11.0. The summed E-state index contributed by atoms with van der Waals surface area (Å²) in [5, 5.41) is 0. The van der Waals surface area contributed by atoms with Gasteiger partial charge in [0.15, 0.2) is 0 Å². The van der Waals surface area contributed by atoms with E-state index in [2.05, 4.69) is 4.72 Å². The van der Waals surface area contributed by atoms with Crippen molar-refractivity contribution in [2.45, 2.75) is 6.54 Å². The Hall–Kier alpha value is -1.43. The first-order valence-electron chi connectivity index (χ1n) is 3.65. The summed E-state index contributed by atoms with van der Waals surface area (Å²) in [7, 11) is -3.85. The van der Waals surface area contributed by atoms with Crippen molar-refractivity contribution in [1.29, 1.82) is 0 Å². The zero-order chi connectivity index (χ0) is 9.47. The molecule has 1 N–H and O–H groups in total. The van der Waals surface area contributed by atoms with Gasteiger partial charge < -0.3 is 0 Å². The van der Waals surface area contributed by atoms with Crippen LogP contribution in [0.25, 0.3) is 0 Å². The van der Waals surface area contributed by atoms with Gasteiger partial charge in [-0.2, -0.15) is 0 Å². The molecule has 0 aromatic heterocycles. The maximum Gasteiger partial charge on any atom is 0.510 e. The van der Waals surface area contributed by atoms with Crippen LogP contribution in [0.4, 0.5) is 5.69 Å². The number of anilines is 1. The van der Waals surface area contributed by atoms with Crippen LogP contribution in [-0.4, -0.2) is 12.6 Å². The molecule has 6 heteroatoms. The lowest BCUT2D eigenvalue weighted by Gasteiger charge is -2.10. The molecule has 0 saturated carbocycles. The number of benzene rings is 1. The first kappa shape index (κ1) is 8.18. The number of hydrogen-bond donors (Lipinski definition) is 1. The molecule has 1 aromatic carbocycles. The highest BCUT2D eigenvalue weighted by atomic mass is 32.2. The molecule has 1 aliphatic rings. The fourth-order valence-corrected chi connectivity index (χ4v) is 2.06. The third-order valence-electron chi connectivity index (χ3n) is 1.82. The molecule has 1 aliphatic heterocycles. The molecule has 0 spiro atoms. The van der Waals surface area contributed by atoms with Gasteiger partial charge in [-0.1, -0.05) is 18.2 Å². The molecule has 5 nitrogen and oxygen atoms in total. The number of para-hydroxylation sites is 1. The van der Waals surface area contributed by atoms with Gasteiger partial charge in [0.1, 0.15) is 4.17 Å². The van der Waals surface area contributed by atoms with Crippen LogP contribution < -0.4 is 4.72 Å². The molecule has 1 aromatic rings. The van der Waals surface area contributed by atoms with Crippen LogP contribution in [0.2, 0.25) is 0 Å². The number of hydrogen-bond acceptors (Lipinski definition) is 3. The predicted octanol–water partition coefficient (Wildman–Crippen LogP) is 0.636. The van der Waals surface area contributed by atoms with Crippen molar-refractivity contribution < 1.29 is 12.6 Å². The Morgan fingerprint density at radius 3 is 2.77 bits per heavy atom. The van der Waals surface area contributed by atoms with Gasteiger partial charge >= 0.3 is 10.2 Å². The molecule has 0 atom stereocenters. The van der Waals surface area contributed by atoms with Gasteiger partial charge in [-0.3, -0.25) is 0 Å². The first-order chi connectivity index (χ1) is 6.09. The van der Waals surface area contributed by atoms with E-state index in [1.807, 2.05) is 0 Å². The fraction of sp³-hybridized carbons (Fsp3) is 0.143. The highest BCUT2D eigenvalue weighted by molar-refractivity contribution is 7.86. The Morgan fingerprint density at radius 1 is 1.31 bits per heavy atom. The van der Waals surface area contributed by atoms with E-state index in [9.17, 15) is 13.3 Å². The molecule has 0 amide bonds. The maximum atomic E-state index is 11.0. The van der Waals surface area contributed by atoms with E-state index >= 15 is 0 Å². The largest absolute Gasteiger partial charge is 0.510 e. The highest BCUT2D eigenvalue weighted by Crippen LogP contribution is 2.22. The second-order valence-electron chi connectivity index (χ2n) is 2.73. The van der Waals surface area contributed by atoms with Crippen molar-refractivity contribution >= 4 is 15.9 Å². The molecule has 0 saturated heterocycles. The van der Waals surface area contributed by atoms with Crippen LogP contribution in [0.15, 0.2) is 24.3 Å². The Morgan fingerprint density at radius 2 is 2.00 bits per heavy atom. The zero-order valence-electron chi connectivity index (χ0n) is 6.60. The third kappa shape index (κ3) is 1.29. The van der Waals surface area contributed by atoms with Crippen LogP contribution in [-0.2, 0) is 16.8 Å². The lowest BCUT2D eigenvalue weighted by Crippen LogP contribution is -2.30. The number of nitrogens with one attached hydrogen (secondary N) is 1. The third-order valence-corrected chi connectivity index (χ3v) is 2.97. The first-order valence-corrected chi connectivity index (χ1v) is 5.09. The van der Waals surface area contributed by atoms with Gasteiger partial charge in [-0.05, 0) is 6.07 Å². The molecule has 0 radical (unpaired) electrons. The van der Waals surface area contributed by atoms with E-state index in [1.165, 1.54) is 0 Å². The Bertz CT molecular complexity index is 466. The second kappa shape index (κ2) is 2.53. The SMILES string of the molecule is O=[N+]1Cc2ccccc2NS1(=O)=O. The van der Waals surface area contributed by atoms with E-state index in [4.69, 9.17) is 0 Å². The van der Waals surface area contributed by atoms with Crippen LogP contribution >= 0.6 is 0 Å². The molecular weight excluding hydrogens is 192 g/mol. The van der Waals surface area contributed by atoms with Gasteiger partial charge in [-0.15, -0.1) is 8.42 Å². The van der Waals surface area contributed by atoms with Crippen molar-refractivity contribution in [1.82, 2.24) is 0 Å². The van der Waals surface area contributed by atoms with E-state index in [-0.39, 0.29) is 10.7 Å². The summed E-state index contributed by atoms with van der Waals surface area (Å²) in [4.78, 5) is 10.9. The van der Waals surface area contributed by atoms with Gasteiger partial charge in [0.25, 0.3) is 0 Å². The van der Waals surface area contributed by atoms with Gasteiger partial charge in [0.2, 0.25) is 6.54 Å².